The molecular weight excluding hydrogens is 417 g/mol. The average Bonchev–Trinajstić information content (AvgIpc) is 3.18. The number of hydrogen-bond acceptors (Lipinski definition) is 2. The SMILES string of the molecule is CCCc1ccc(-c2ccc(-c3cc4ccc(OCC)c(C(F)F)c4s3)cc2F)cc1. The van der Waals surface area contributed by atoms with Crippen molar-refractivity contribution in [3.05, 3.63) is 77.6 Å². The molecule has 1 nitrogen and oxygen atoms in total. The Hall–Kier alpha value is -2.79. The van der Waals surface area contributed by atoms with Crippen molar-refractivity contribution in [2.24, 2.45) is 0 Å². The molecule has 0 atom stereocenters. The molecule has 1 aromatic heterocycles. The normalized spacial score (nSPS) is 11.4. The number of ether oxygens (including phenoxy) is 1. The summed E-state index contributed by atoms with van der Waals surface area (Å²) in [6.45, 7) is 4.21. The number of hydrogen-bond donors (Lipinski definition) is 0. The van der Waals surface area contributed by atoms with Gasteiger partial charge in [0.1, 0.15) is 11.6 Å². The van der Waals surface area contributed by atoms with Crippen LogP contribution in [-0.2, 0) is 6.42 Å². The Balaban J connectivity index is 1.71. The van der Waals surface area contributed by atoms with Gasteiger partial charge in [0.15, 0.2) is 0 Å². The fraction of sp³-hybridized carbons (Fsp3) is 0.231. The predicted molar refractivity (Wildman–Crippen MR) is 123 cm³/mol. The molecule has 1 heterocycles. The summed E-state index contributed by atoms with van der Waals surface area (Å²) in [6.07, 6.45) is -0.581. The monoisotopic (exact) mass is 440 g/mol. The van der Waals surface area contributed by atoms with Gasteiger partial charge in [0.25, 0.3) is 6.43 Å². The standard InChI is InChI=1S/C26H23F3OS/c1-3-5-16-6-8-17(9-7-16)20-12-10-18(14-21(20)27)23-15-19-11-13-22(30-4-2)24(26(28)29)25(19)31-23/h6-15,26H,3-5H2,1-2H3. The molecule has 0 aliphatic rings. The van der Waals surface area contributed by atoms with Crippen LogP contribution in [0.15, 0.2) is 60.7 Å². The largest absolute Gasteiger partial charge is 0.493 e. The maximum Gasteiger partial charge on any atom is 0.268 e. The van der Waals surface area contributed by atoms with E-state index in [-0.39, 0.29) is 17.1 Å². The lowest BCUT2D eigenvalue weighted by Gasteiger charge is -2.10. The number of alkyl halides is 2. The van der Waals surface area contributed by atoms with Gasteiger partial charge in [0.05, 0.1) is 12.2 Å². The van der Waals surface area contributed by atoms with Gasteiger partial charge in [-0.2, -0.15) is 0 Å². The first-order chi connectivity index (χ1) is 15.0. The van der Waals surface area contributed by atoms with Crippen LogP contribution in [0.3, 0.4) is 0 Å². The molecule has 0 aliphatic carbocycles. The lowest BCUT2D eigenvalue weighted by molar-refractivity contribution is 0.147. The summed E-state index contributed by atoms with van der Waals surface area (Å²) < 4.78 is 48.3. The van der Waals surface area contributed by atoms with Crippen molar-refractivity contribution in [2.45, 2.75) is 33.1 Å². The number of rotatable bonds is 7. The van der Waals surface area contributed by atoms with Crippen LogP contribution in [0.5, 0.6) is 5.75 Å². The number of thiophene rings is 1. The van der Waals surface area contributed by atoms with Crippen LogP contribution in [0, 0.1) is 5.82 Å². The molecule has 0 aliphatic heterocycles. The van der Waals surface area contributed by atoms with E-state index in [0.29, 0.717) is 27.8 Å². The van der Waals surface area contributed by atoms with Gasteiger partial charge in [-0.15, -0.1) is 11.3 Å². The molecule has 160 valence electrons. The zero-order valence-corrected chi connectivity index (χ0v) is 18.2. The van der Waals surface area contributed by atoms with Gasteiger partial charge < -0.3 is 4.74 Å². The van der Waals surface area contributed by atoms with E-state index in [1.807, 2.05) is 36.4 Å². The minimum Gasteiger partial charge on any atom is -0.493 e. The fourth-order valence-corrected chi connectivity index (χ4v) is 4.97. The van der Waals surface area contributed by atoms with Crippen LogP contribution in [0.4, 0.5) is 13.2 Å². The Morgan fingerprint density at radius 3 is 2.29 bits per heavy atom. The summed E-state index contributed by atoms with van der Waals surface area (Å²) in [5.41, 5.74) is 3.15. The van der Waals surface area contributed by atoms with Crippen LogP contribution in [0.2, 0.25) is 0 Å². The lowest BCUT2D eigenvalue weighted by atomic mass is 10.00. The van der Waals surface area contributed by atoms with Crippen LogP contribution in [0.25, 0.3) is 31.7 Å². The van der Waals surface area contributed by atoms with E-state index in [1.54, 1.807) is 25.1 Å². The minimum absolute atomic E-state index is 0.0974. The Bertz CT molecular complexity index is 1200. The highest BCUT2D eigenvalue weighted by Crippen LogP contribution is 2.43. The lowest BCUT2D eigenvalue weighted by Crippen LogP contribution is -1.97. The molecule has 0 bridgehead atoms. The smallest absolute Gasteiger partial charge is 0.268 e. The first-order valence-electron chi connectivity index (χ1n) is 10.4. The Labute approximate surface area is 184 Å². The third-order valence-corrected chi connectivity index (χ3v) is 6.49. The maximum atomic E-state index is 15.0. The first-order valence-corrected chi connectivity index (χ1v) is 11.2. The van der Waals surface area contributed by atoms with Gasteiger partial charge in [0.2, 0.25) is 0 Å². The van der Waals surface area contributed by atoms with Crippen molar-refractivity contribution in [3.8, 4) is 27.3 Å². The van der Waals surface area contributed by atoms with E-state index in [4.69, 9.17) is 4.74 Å². The summed E-state index contributed by atoms with van der Waals surface area (Å²) in [7, 11) is 0. The zero-order chi connectivity index (χ0) is 22.0. The van der Waals surface area contributed by atoms with Gasteiger partial charge >= 0.3 is 0 Å². The number of fused-ring (bicyclic) bond motifs is 1. The van der Waals surface area contributed by atoms with Crippen molar-refractivity contribution in [1.82, 2.24) is 0 Å². The topological polar surface area (TPSA) is 9.23 Å². The summed E-state index contributed by atoms with van der Waals surface area (Å²) >= 11 is 1.24. The quantitative estimate of drug-likeness (QED) is 0.279. The Morgan fingerprint density at radius 1 is 0.903 bits per heavy atom. The molecule has 31 heavy (non-hydrogen) atoms. The molecule has 0 saturated carbocycles. The number of benzene rings is 3. The third-order valence-electron chi connectivity index (χ3n) is 5.26. The van der Waals surface area contributed by atoms with E-state index in [2.05, 4.69) is 6.92 Å². The molecule has 0 N–H and O–H groups in total. The summed E-state index contributed by atoms with van der Waals surface area (Å²) in [4.78, 5) is 0.745. The zero-order valence-electron chi connectivity index (χ0n) is 17.4. The second kappa shape index (κ2) is 9.15. The molecule has 0 spiro atoms. The minimum atomic E-state index is -2.65. The number of halogens is 3. The molecule has 3 aromatic carbocycles. The van der Waals surface area contributed by atoms with Crippen LogP contribution in [-0.4, -0.2) is 6.61 Å². The van der Waals surface area contributed by atoms with E-state index < -0.39 is 6.43 Å². The molecule has 0 unspecified atom stereocenters. The van der Waals surface area contributed by atoms with Gasteiger partial charge in [0, 0.05) is 15.1 Å². The number of aryl methyl sites for hydroxylation is 1. The predicted octanol–water partition coefficient (Wildman–Crippen LogP) is 8.66. The Kier molecular flexibility index (Phi) is 6.33. The van der Waals surface area contributed by atoms with Crippen molar-refractivity contribution >= 4 is 21.4 Å². The molecule has 0 fully saturated rings. The van der Waals surface area contributed by atoms with Gasteiger partial charge in [-0.3, -0.25) is 0 Å². The summed E-state index contributed by atoms with van der Waals surface area (Å²) in [6, 6.07) is 18.2. The Morgan fingerprint density at radius 2 is 1.65 bits per heavy atom. The van der Waals surface area contributed by atoms with Crippen molar-refractivity contribution in [3.63, 3.8) is 0 Å². The van der Waals surface area contributed by atoms with Gasteiger partial charge in [-0.25, -0.2) is 13.2 Å². The molecule has 5 heteroatoms. The summed E-state index contributed by atoms with van der Waals surface area (Å²) in [5, 5.41) is 0.703. The highest BCUT2D eigenvalue weighted by Gasteiger charge is 2.21. The first kappa shape index (κ1) is 21.4. The molecule has 0 amide bonds. The van der Waals surface area contributed by atoms with Crippen LogP contribution < -0.4 is 4.74 Å². The summed E-state index contributed by atoms with van der Waals surface area (Å²) in [5.74, 6) is -0.131. The highest BCUT2D eigenvalue weighted by atomic mass is 32.1. The third kappa shape index (κ3) is 4.33. The second-order valence-electron chi connectivity index (χ2n) is 7.38. The molecule has 4 rings (SSSR count). The maximum absolute atomic E-state index is 15.0. The van der Waals surface area contributed by atoms with Crippen molar-refractivity contribution in [2.75, 3.05) is 6.61 Å². The van der Waals surface area contributed by atoms with Gasteiger partial charge in [-0.05, 0) is 59.7 Å². The van der Waals surface area contributed by atoms with E-state index in [0.717, 1.165) is 23.3 Å². The van der Waals surface area contributed by atoms with Crippen LogP contribution in [0.1, 0.15) is 37.8 Å². The second-order valence-corrected chi connectivity index (χ2v) is 8.43. The van der Waals surface area contributed by atoms with E-state index in [1.165, 1.54) is 23.0 Å². The highest BCUT2D eigenvalue weighted by molar-refractivity contribution is 7.22. The van der Waals surface area contributed by atoms with Gasteiger partial charge in [-0.1, -0.05) is 49.7 Å². The molecule has 0 radical (unpaired) electrons. The van der Waals surface area contributed by atoms with Crippen molar-refractivity contribution < 1.29 is 17.9 Å². The average molecular weight is 441 g/mol. The fourth-order valence-electron chi connectivity index (χ4n) is 3.78. The van der Waals surface area contributed by atoms with E-state index >= 15 is 0 Å². The van der Waals surface area contributed by atoms with Crippen molar-refractivity contribution in [1.29, 1.82) is 0 Å². The molecule has 4 aromatic rings. The van der Waals surface area contributed by atoms with Crippen LogP contribution >= 0.6 is 11.3 Å². The molecular formula is C26H23F3OS. The molecule has 0 saturated heterocycles. The van der Waals surface area contributed by atoms with E-state index in [9.17, 15) is 13.2 Å².